The van der Waals surface area contributed by atoms with E-state index in [1.165, 1.54) is 11.3 Å². The van der Waals surface area contributed by atoms with Gasteiger partial charge in [-0.2, -0.15) is 0 Å². The summed E-state index contributed by atoms with van der Waals surface area (Å²) < 4.78 is 0. The molecule has 0 radical (unpaired) electrons. The largest absolute Gasteiger partial charge is 0.385 e. The molecule has 0 atom stereocenters. The molecule has 2 rings (SSSR count). The average molecular weight is 275 g/mol. The fourth-order valence-electron chi connectivity index (χ4n) is 1.75. The summed E-state index contributed by atoms with van der Waals surface area (Å²) in [6.07, 6.45) is 2.75. The van der Waals surface area contributed by atoms with Gasteiger partial charge in [-0.25, -0.2) is 4.98 Å². The van der Waals surface area contributed by atoms with Gasteiger partial charge in [-0.1, -0.05) is 6.92 Å². The van der Waals surface area contributed by atoms with Crippen LogP contribution < -0.4 is 10.6 Å². The van der Waals surface area contributed by atoms with Gasteiger partial charge < -0.3 is 5.32 Å². The molecule has 5 heteroatoms. The normalized spacial score (nSPS) is 10.2. The van der Waals surface area contributed by atoms with E-state index in [1.807, 2.05) is 30.5 Å². The zero-order valence-corrected chi connectivity index (χ0v) is 11.9. The first-order valence-electron chi connectivity index (χ1n) is 6.26. The second kappa shape index (κ2) is 6.33. The molecule has 0 spiro atoms. The molecule has 1 aromatic heterocycles. The second-order valence-corrected chi connectivity index (χ2v) is 5.14. The zero-order chi connectivity index (χ0) is 13.7. The van der Waals surface area contributed by atoms with Crippen LogP contribution in [0.3, 0.4) is 0 Å². The number of carbonyl (C=O) groups excluding carboxylic acids is 1. The van der Waals surface area contributed by atoms with Crippen molar-refractivity contribution in [3.8, 4) is 0 Å². The molecule has 0 saturated heterocycles. The molecule has 0 bridgehead atoms. The number of carbonyl (C=O) groups is 1. The van der Waals surface area contributed by atoms with Crippen LogP contribution in [0.25, 0.3) is 0 Å². The fourth-order valence-corrected chi connectivity index (χ4v) is 2.27. The van der Waals surface area contributed by atoms with E-state index in [1.54, 1.807) is 6.20 Å². The molecule has 1 amide bonds. The Kier molecular flexibility index (Phi) is 4.52. The highest BCUT2D eigenvalue weighted by Crippen LogP contribution is 2.18. The Hall–Kier alpha value is -1.88. The van der Waals surface area contributed by atoms with Crippen LogP contribution in [-0.2, 0) is 0 Å². The maximum Gasteiger partial charge on any atom is 0.257 e. The zero-order valence-electron chi connectivity index (χ0n) is 11.1. The first-order valence-corrected chi connectivity index (χ1v) is 7.14. The Morgan fingerprint density at radius 2 is 2.26 bits per heavy atom. The highest BCUT2D eigenvalue weighted by molar-refractivity contribution is 7.13. The van der Waals surface area contributed by atoms with Crippen LogP contribution in [0.4, 0.5) is 10.8 Å². The van der Waals surface area contributed by atoms with Gasteiger partial charge >= 0.3 is 0 Å². The predicted octanol–water partition coefficient (Wildman–Crippen LogP) is 3.53. The predicted molar refractivity (Wildman–Crippen MR) is 80.0 cm³/mol. The smallest absolute Gasteiger partial charge is 0.257 e. The van der Waals surface area contributed by atoms with Crippen molar-refractivity contribution in [1.82, 2.24) is 4.98 Å². The number of aromatic nitrogens is 1. The number of nitrogens with zero attached hydrogens (tertiary/aromatic N) is 1. The van der Waals surface area contributed by atoms with E-state index in [9.17, 15) is 4.79 Å². The Morgan fingerprint density at radius 1 is 1.42 bits per heavy atom. The molecule has 4 nitrogen and oxygen atoms in total. The molecule has 1 aromatic carbocycles. The van der Waals surface area contributed by atoms with Crippen LogP contribution in [0, 0.1) is 6.92 Å². The average Bonchev–Trinajstić information content (AvgIpc) is 2.89. The third-order valence-corrected chi connectivity index (χ3v) is 3.39. The summed E-state index contributed by atoms with van der Waals surface area (Å²) in [7, 11) is 0. The first-order chi connectivity index (χ1) is 9.20. The Labute approximate surface area is 116 Å². The van der Waals surface area contributed by atoms with Gasteiger partial charge in [0.2, 0.25) is 0 Å². The molecule has 0 fully saturated rings. The topological polar surface area (TPSA) is 54.0 Å². The Bertz CT molecular complexity index is 552. The van der Waals surface area contributed by atoms with Crippen LogP contribution in [0.1, 0.15) is 29.3 Å². The van der Waals surface area contributed by atoms with Crippen molar-refractivity contribution >= 4 is 28.1 Å². The number of nitrogens with one attached hydrogen (secondary N) is 2. The van der Waals surface area contributed by atoms with Gasteiger partial charge in [-0.05, 0) is 37.1 Å². The molecule has 0 aliphatic heterocycles. The van der Waals surface area contributed by atoms with Gasteiger partial charge in [0, 0.05) is 29.4 Å². The second-order valence-electron chi connectivity index (χ2n) is 4.25. The molecule has 0 unspecified atom stereocenters. The minimum atomic E-state index is -0.116. The summed E-state index contributed by atoms with van der Waals surface area (Å²) in [5.74, 6) is -0.116. The number of benzene rings is 1. The number of amides is 1. The standard InChI is InChI=1S/C14H17N3OS/c1-3-6-15-11-4-5-12(10(2)9-11)13(18)17-14-16-7-8-19-14/h4-5,7-9,15H,3,6H2,1-2H3,(H,16,17,18). The minimum Gasteiger partial charge on any atom is -0.385 e. The summed E-state index contributed by atoms with van der Waals surface area (Å²) in [5.41, 5.74) is 2.68. The van der Waals surface area contributed by atoms with Gasteiger partial charge in [0.05, 0.1) is 0 Å². The maximum atomic E-state index is 12.1. The van der Waals surface area contributed by atoms with E-state index in [-0.39, 0.29) is 5.91 Å². The fraction of sp³-hybridized carbons (Fsp3) is 0.286. The summed E-state index contributed by atoms with van der Waals surface area (Å²) in [6.45, 7) is 4.99. The van der Waals surface area contributed by atoms with E-state index in [2.05, 4.69) is 22.5 Å². The Morgan fingerprint density at radius 3 is 2.89 bits per heavy atom. The van der Waals surface area contributed by atoms with Crippen molar-refractivity contribution < 1.29 is 4.79 Å². The van der Waals surface area contributed by atoms with Gasteiger partial charge in [0.25, 0.3) is 5.91 Å². The number of thiazole rings is 1. The molecular formula is C14H17N3OS. The van der Waals surface area contributed by atoms with Gasteiger partial charge in [0.1, 0.15) is 0 Å². The number of hydrogen-bond donors (Lipinski definition) is 2. The van der Waals surface area contributed by atoms with Gasteiger partial charge in [0.15, 0.2) is 5.13 Å². The summed E-state index contributed by atoms with van der Waals surface area (Å²) in [4.78, 5) is 16.1. The van der Waals surface area contributed by atoms with Crippen molar-refractivity contribution in [1.29, 1.82) is 0 Å². The van der Waals surface area contributed by atoms with Crippen LogP contribution in [0.2, 0.25) is 0 Å². The summed E-state index contributed by atoms with van der Waals surface area (Å²) >= 11 is 1.41. The van der Waals surface area contributed by atoms with Crippen LogP contribution in [0.15, 0.2) is 29.8 Å². The van der Waals surface area contributed by atoms with Crippen molar-refractivity contribution in [3.05, 3.63) is 40.9 Å². The molecule has 0 aliphatic carbocycles. The third-order valence-electron chi connectivity index (χ3n) is 2.70. The third kappa shape index (κ3) is 3.54. The first kappa shape index (κ1) is 13.5. The van der Waals surface area contributed by atoms with Crippen molar-refractivity contribution in [2.45, 2.75) is 20.3 Å². The van der Waals surface area contributed by atoms with E-state index >= 15 is 0 Å². The molecule has 19 heavy (non-hydrogen) atoms. The van der Waals surface area contributed by atoms with E-state index in [4.69, 9.17) is 0 Å². The van der Waals surface area contributed by atoms with Gasteiger partial charge in [-0.3, -0.25) is 10.1 Å². The van der Waals surface area contributed by atoms with Crippen molar-refractivity contribution in [3.63, 3.8) is 0 Å². The van der Waals surface area contributed by atoms with Crippen LogP contribution >= 0.6 is 11.3 Å². The SMILES string of the molecule is CCCNc1ccc(C(=O)Nc2nccs2)c(C)c1. The maximum absolute atomic E-state index is 12.1. The highest BCUT2D eigenvalue weighted by Gasteiger charge is 2.10. The minimum absolute atomic E-state index is 0.116. The van der Waals surface area contributed by atoms with Crippen LogP contribution in [0.5, 0.6) is 0 Å². The molecule has 2 N–H and O–H groups in total. The summed E-state index contributed by atoms with van der Waals surface area (Å²) in [5, 5.41) is 8.55. The lowest BCUT2D eigenvalue weighted by Crippen LogP contribution is -2.13. The lowest BCUT2D eigenvalue weighted by atomic mass is 10.1. The molecule has 1 heterocycles. The van der Waals surface area contributed by atoms with E-state index in [0.717, 1.165) is 24.2 Å². The monoisotopic (exact) mass is 275 g/mol. The lowest BCUT2D eigenvalue weighted by Gasteiger charge is -2.09. The Balaban J connectivity index is 2.09. The summed E-state index contributed by atoms with van der Waals surface area (Å²) in [6, 6.07) is 5.77. The number of aryl methyl sites for hydroxylation is 1. The van der Waals surface area contributed by atoms with Crippen molar-refractivity contribution in [2.24, 2.45) is 0 Å². The quantitative estimate of drug-likeness (QED) is 0.877. The van der Waals surface area contributed by atoms with E-state index in [0.29, 0.717) is 10.7 Å². The molecular weight excluding hydrogens is 258 g/mol. The highest BCUT2D eigenvalue weighted by atomic mass is 32.1. The lowest BCUT2D eigenvalue weighted by molar-refractivity contribution is 0.102. The van der Waals surface area contributed by atoms with Gasteiger partial charge in [-0.15, -0.1) is 11.3 Å². The molecule has 100 valence electrons. The van der Waals surface area contributed by atoms with Crippen LogP contribution in [-0.4, -0.2) is 17.4 Å². The van der Waals surface area contributed by atoms with Crippen molar-refractivity contribution in [2.75, 3.05) is 17.2 Å². The molecule has 0 saturated carbocycles. The number of anilines is 2. The number of rotatable bonds is 5. The molecule has 0 aliphatic rings. The number of hydrogen-bond acceptors (Lipinski definition) is 4. The van der Waals surface area contributed by atoms with E-state index < -0.39 is 0 Å². The molecule has 2 aromatic rings.